The Morgan fingerprint density at radius 1 is 1.34 bits per heavy atom. The van der Waals surface area contributed by atoms with Crippen LogP contribution in [-0.4, -0.2) is 65.9 Å². The fourth-order valence-electron chi connectivity index (χ4n) is 4.24. The van der Waals surface area contributed by atoms with Gasteiger partial charge in [-0.15, -0.1) is 0 Å². The second-order valence-electron chi connectivity index (χ2n) is 7.79. The monoisotopic (exact) mass is 416 g/mol. The second-order valence-corrected chi connectivity index (χ2v) is 10.00. The van der Waals surface area contributed by atoms with Crippen LogP contribution >= 0.6 is 0 Å². The van der Waals surface area contributed by atoms with E-state index in [1.165, 1.54) is 0 Å². The van der Waals surface area contributed by atoms with Gasteiger partial charge in [-0.1, -0.05) is 0 Å². The van der Waals surface area contributed by atoms with E-state index in [0.29, 0.717) is 37.4 Å². The van der Waals surface area contributed by atoms with E-state index in [2.05, 4.69) is 17.9 Å². The topological polar surface area (TPSA) is 86.4 Å². The number of aromatic nitrogens is 1. The molecule has 0 radical (unpaired) electrons. The highest BCUT2D eigenvalue weighted by molar-refractivity contribution is 7.89. The molecule has 3 rings (SSSR count). The number of fused-ring (bicyclic) bond motifs is 1. The van der Waals surface area contributed by atoms with Gasteiger partial charge in [-0.25, -0.2) is 8.42 Å². The minimum atomic E-state index is -3.19. The number of piperazine rings is 1. The molecule has 2 heterocycles. The maximum atomic E-state index is 12.3. The summed E-state index contributed by atoms with van der Waals surface area (Å²) in [5.41, 5.74) is 3.02. The van der Waals surface area contributed by atoms with Gasteiger partial charge in [0.2, 0.25) is 10.0 Å². The Morgan fingerprint density at radius 2 is 2.07 bits per heavy atom. The molecular weight excluding hydrogens is 388 g/mol. The summed E-state index contributed by atoms with van der Waals surface area (Å²) >= 11 is 0. The zero-order valence-corrected chi connectivity index (χ0v) is 18.2. The predicted molar refractivity (Wildman–Crippen MR) is 113 cm³/mol. The van der Waals surface area contributed by atoms with Crippen LogP contribution in [0.3, 0.4) is 0 Å². The molecule has 1 aliphatic rings. The molecule has 0 spiro atoms. The molecular formula is C21H28N4O3S. The van der Waals surface area contributed by atoms with E-state index in [1.54, 1.807) is 17.3 Å². The molecule has 0 aliphatic carbocycles. The van der Waals surface area contributed by atoms with Crippen LogP contribution in [0.15, 0.2) is 18.2 Å². The lowest BCUT2D eigenvalue weighted by Gasteiger charge is -2.41. The van der Waals surface area contributed by atoms with Crippen molar-refractivity contribution in [2.24, 2.45) is 0 Å². The first-order valence-corrected chi connectivity index (χ1v) is 11.6. The number of aryl methyl sites for hydroxylation is 1. The van der Waals surface area contributed by atoms with Crippen LogP contribution in [0.25, 0.3) is 10.9 Å². The Balaban J connectivity index is 1.84. The SMILES string of the molecule is CCS(=O)(=O)N1CCN([C@@H](C)Cn2c(C#N)cc3c(C)c(C=O)ccc32)CC1C. The van der Waals surface area contributed by atoms with Crippen molar-refractivity contribution in [1.29, 1.82) is 5.26 Å². The fourth-order valence-corrected chi connectivity index (χ4v) is 5.54. The van der Waals surface area contributed by atoms with E-state index in [4.69, 9.17) is 0 Å². The zero-order valence-electron chi connectivity index (χ0n) is 17.4. The highest BCUT2D eigenvalue weighted by atomic mass is 32.2. The smallest absolute Gasteiger partial charge is 0.214 e. The number of nitriles is 1. The number of benzene rings is 1. The van der Waals surface area contributed by atoms with Gasteiger partial charge in [0, 0.05) is 54.7 Å². The third-order valence-electron chi connectivity index (χ3n) is 6.03. The molecule has 0 amide bonds. The standard InChI is InChI=1S/C21H28N4O3S/c1-5-29(27,28)25-9-8-23(12-16(25)3)15(2)13-24-19(11-22)10-20-17(4)18(14-26)6-7-21(20)24/h6-7,10,14-16H,5,8-9,12-13H2,1-4H3/t15-,16?/m0/s1. The molecule has 1 aromatic carbocycles. The average molecular weight is 417 g/mol. The Bertz CT molecular complexity index is 1070. The van der Waals surface area contributed by atoms with Gasteiger partial charge in [-0.3, -0.25) is 9.69 Å². The summed E-state index contributed by atoms with van der Waals surface area (Å²) in [7, 11) is -3.19. The normalized spacial score (nSPS) is 19.9. The van der Waals surface area contributed by atoms with Crippen molar-refractivity contribution in [1.82, 2.24) is 13.8 Å². The highest BCUT2D eigenvalue weighted by Crippen LogP contribution is 2.26. The van der Waals surface area contributed by atoms with Crippen LogP contribution in [-0.2, 0) is 16.6 Å². The van der Waals surface area contributed by atoms with E-state index in [0.717, 1.165) is 22.8 Å². The van der Waals surface area contributed by atoms with Crippen molar-refractivity contribution in [2.75, 3.05) is 25.4 Å². The van der Waals surface area contributed by atoms with Gasteiger partial charge in [0.1, 0.15) is 18.0 Å². The largest absolute Gasteiger partial charge is 0.331 e. The predicted octanol–water partition coefficient (Wildman–Crippen LogP) is 2.38. The number of aldehydes is 1. The number of sulfonamides is 1. The number of hydrogen-bond acceptors (Lipinski definition) is 5. The van der Waals surface area contributed by atoms with Crippen molar-refractivity contribution in [2.45, 2.75) is 46.3 Å². The van der Waals surface area contributed by atoms with E-state index < -0.39 is 10.0 Å². The van der Waals surface area contributed by atoms with Crippen LogP contribution in [0.5, 0.6) is 0 Å². The third-order valence-corrected chi connectivity index (χ3v) is 8.01. The molecule has 2 atom stereocenters. The van der Waals surface area contributed by atoms with E-state index in [9.17, 15) is 18.5 Å². The van der Waals surface area contributed by atoms with Crippen molar-refractivity contribution < 1.29 is 13.2 Å². The van der Waals surface area contributed by atoms with Crippen LogP contribution in [0.4, 0.5) is 0 Å². The molecule has 156 valence electrons. The lowest BCUT2D eigenvalue weighted by Crippen LogP contribution is -2.56. The molecule has 7 nitrogen and oxygen atoms in total. The van der Waals surface area contributed by atoms with Gasteiger partial charge in [0.05, 0.1) is 5.75 Å². The average Bonchev–Trinajstić information content (AvgIpc) is 3.06. The van der Waals surface area contributed by atoms with Gasteiger partial charge < -0.3 is 4.57 Å². The molecule has 1 aliphatic heterocycles. The fraction of sp³-hybridized carbons (Fsp3) is 0.524. The van der Waals surface area contributed by atoms with Gasteiger partial charge in [-0.2, -0.15) is 9.57 Å². The molecule has 0 saturated carbocycles. The minimum Gasteiger partial charge on any atom is -0.331 e. The number of carbonyl (C=O) groups is 1. The van der Waals surface area contributed by atoms with Crippen LogP contribution in [0, 0.1) is 18.3 Å². The molecule has 0 N–H and O–H groups in total. The van der Waals surface area contributed by atoms with E-state index in [-0.39, 0.29) is 17.8 Å². The van der Waals surface area contributed by atoms with Crippen molar-refractivity contribution >= 4 is 27.2 Å². The number of carbonyl (C=O) groups excluding carboxylic acids is 1. The maximum Gasteiger partial charge on any atom is 0.214 e. The first kappa shape index (κ1) is 21.5. The zero-order chi connectivity index (χ0) is 21.3. The van der Waals surface area contributed by atoms with Crippen molar-refractivity contribution in [3.63, 3.8) is 0 Å². The lowest BCUT2D eigenvalue weighted by atomic mass is 10.1. The summed E-state index contributed by atoms with van der Waals surface area (Å²) in [6.07, 6.45) is 0.839. The van der Waals surface area contributed by atoms with Crippen LogP contribution < -0.4 is 0 Å². The second kappa shape index (κ2) is 8.27. The van der Waals surface area contributed by atoms with Crippen molar-refractivity contribution in [3.8, 4) is 6.07 Å². The van der Waals surface area contributed by atoms with E-state index >= 15 is 0 Å². The maximum absolute atomic E-state index is 12.3. The number of nitrogens with zero attached hydrogens (tertiary/aromatic N) is 4. The van der Waals surface area contributed by atoms with Gasteiger partial charge >= 0.3 is 0 Å². The molecule has 1 unspecified atom stereocenters. The Morgan fingerprint density at radius 3 is 2.66 bits per heavy atom. The summed E-state index contributed by atoms with van der Waals surface area (Å²) in [6.45, 7) is 10.1. The summed E-state index contributed by atoms with van der Waals surface area (Å²) < 4.78 is 28.1. The van der Waals surface area contributed by atoms with E-state index in [1.807, 2.05) is 30.5 Å². The minimum absolute atomic E-state index is 0.0783. The quantitative estimate of drug-likeness (QED) is 0.675. The third kappa shape index (κ3) is 3.95. The lowest BCUT2D eigenvalue weighted by molar-refractivity contribution is 0.102. The van der Waals surface area contributed by atoms with Crippen molar-refractivity contribution in [3.05, 3.63) is 35.0 Å². The molecule has 0 bridgehead atoms. The number of hydrogen-bond donors (Lipinski definition) is 0. The molecule has 1 aromatic heterocycles. The van der Waals surface area contributed by atoms with Crippen LogP contribution in [0.1, 0.15) is 42.4 Å². The molecule has 1 fully saturated rings. The Labute approximate surface area is 172 Å². The molecule has 1 saturated heterocycles. The Hall–Kier alpha value is -2.21. The van der Waals surface area contributed by atoms with Gasteiger partial charge in [-0.05, 0) is 51.5 Å². The molecule has 8 heteroatoms. The molecule has 29 heavy (non-hydrogen) atoms. The Kier molecular flexibility index (Phi) is 6.13. The summed E-state index contributed by atoms with van der Waals surface area (Å²) in [5, 5.41) is 10.5. The summed E-state index contributed by atoms with van der Waals surface area (Å²) in [6, 6.07) is 7.87. The first-order chi connectivity index (χ1) is 13.7. The number of rotatable bonds is 6. The van der Waals surface area contributed by atoms with Gasteiger partial charge in [0.15, 0.2) is 0 Å². The summed E-state index contributed by atoms with van der Waals surface area (Å²) in [5.74, 6) is 0.121. The highest BCUT2D eigenvalue weighted by Gasteiger charge is 2.33. The van der Waals surface area contributed by atoms with Gasteiger partial charge in [0.25, 0.3) is 0 Å². The van der Waals surface area contributed by atoms with Crippen LogP contribution in [0.2, 0.25) is 0 Å². The first-order valence-electron chi connectivity index (χ1n) is 9.95. The molecule has 2 aromatic rings. The summed E-state index contributed by atoms with van der Waals surface area (Å²) in [4.78, 5) is 13.5.